The highest BCUT2D eigenvalue weighted by molar-refractivity contribution is 6.24. The molecule has 4 rings (SSSR count). The number of nitrogens with one attached hydrogen (secondary N) is 1. The van der Waals surface area contributed by atoms with Crippen molar-refractivity contribution in [3.63, 3.8) is 0 Å². The number of fused-ring (bicyclic) bond motifs is 2. The molecule has 3 aromatic rings. The number of ketones is 2. The van der Waals surface area contributed by atoms with Gasteiger partial charge in [0.1, 0.15) is 11.8 Å². The van der Waals surface area contributed by atoms with E-state index in [1.54, 1.807) is 30.6 Å². The molecule has 3 N–H and O–H groups in total. The Balaban J connectivity index is 1.40. The van der Waals surface area contributed by atoms with Crippen LogP contribution in [0.1, 0.15) is 27.1 Å². The van der Waals surface area contributed by atoms with E-state index < -0.39 is 0 Å². The van der Waals surface area contributed by atoms with Gasteiger partial charge in [-0.25, -0.2) is 15.0 Å². The van der Waals surface area contributed by atoms with Gasteiger partial charge in [0.05, 0.1) is 12.0 Å². The minimum Gasteiger partial charge on any atom is -0.382 e. The molecule has 0 saturated heterocycles. The topological polar surface area (TPSA) is 116 Å². The number of anilines is 1. The molecule has 2 aromatic heterocycles. The van der Waals surface area contributed by atoms with Gasteiger partial charge in [-0.3, -0.25) is 9.59 Å². The summed E-state index contributed by atoms with van der Waals surface area (Å²) >= 11 is 0. The second-order valence-corrected chi connectivity index (χ2v) is 5.95. The van der Waals surface area contributed by atoms with Crippen LogP contribution in [-0.4, -0.2) is 37.6 Å². The number of imidazole rings is 1. The lowest BCUT2D eigenvalue weighted by atomic mass is 9.93. The summed E-state index contributed by atoms with van der Waals surface area (Å²) in [4.78, 5) is 36.9. The van der Waals surface area contributed by atoms with E-state index in [1.165, 1.54) is 12.4 Å². The Morgan fingerprint density at radius 1 is 1.08 bits per heavy atom. The van der Waals surface area contributed by atoms with Gasteiger partial charge in [0, 0.05) is 30.3 Å². The molecule has 26 heavy (non-hydrogen) atoms. The summed E-state index contributed by atoms with van der Waals surface area (Å²) in [6.07, 6.45) is 5.16. The number of carbonyl (C=O) groups excluding carboxylic acids is 2. The standard InChI is InChI=1S/C18H16N6O2/c19-17-15-18(22-9-21-17)24(10-23-15)7-3-6-20-13-8-14(25)11-4-1-2-5-12(11)16(13)26/h1-2,4-5,8-10,20H,3,6-7H2,(H2,19,21,22). The third-order valence-electron chi connectivity index (χ3n) is 4.28. The van der Waals surface area contributed by atoms with E-state index in [2.05, 4.69) is 20.3 Å². The van der Waals surface area contributed by atoms with Crippen molar-refractivity contribution < 1.29 is 9.59 Å². The number of hydrogen-bond donors (Lipinski definition) is 2. The summed E-state index contributed by atoms with van der Waals surface area (Å²) in [5.74, 6) is 0.0336. The highest BCUT2D eigenvalue weighted by Gasteiger charge is 2.24. The van der Waals surface area contributed by atoms with Gasteiger partial charge in [0.2, 0.25) is 5.78 Å². The van der Waals surface area contributed by atoms with E-state index in [0.29, 0.717) is 46.9 Å². The first-order chi connectivity index (χ1) is 12.6. The van der Waals surface area contributed by atoms with Gasteiger partial charge in [-0.2, -0.15) is 0 Å². The summed E-state index contributed by atoms with van der Waals surface area (Å²) in [5.41, 5.74) is 8.24. The predicted octanol–water partition coefficient (Wildman–Crippen LogP) is 1.35. The number of nitrogens with two attached hydrogens (primary N) is 1. The van der Waals surface area contributed by atoms with Crippen molar-refractivity contribution in [3.8, 4) is 0 Å². The molecular weight excluding hydrogens is 332 g/mol. The normalized spacial score (nSPS) is 13.6. The van der Waals surface area contributed by atoms with Crippen LogP contribution < -0.4 is 11.1 Å². The molecule has 0 atom stereocenters. The first-order valence-corrected chi connectivity index (χ1v) is 8.20. The first-order valence-electron chi connectivity index (χ1n) is 8.20. The zero-order chi connectivity index (χ0) is 18.1. The Kier molecular flexibility index (Phi) is 3.92. The second kappa shape index (κ2) is 6.40. The Labute approximate surface area is 148 Å². The largest absolute Gasteiger partial charge is 0.382 e. The van der Waals surface area contributed by atoms with Gasteiger partial charge >= 0.3 is 0 Å². The highest BCUT2D eigenvalue weighted by atomic mass is 16.1. The number of aryl methyl sites for hydroxylation is 1. The van der Waals surface area contributed by atoms with Crippen molar-refractivity contribution in [2.45, 2.75) is 13.0 Å². The van der Waals surface area contributed by atoms with E-state index in [4.69, 9.17) is 5.73 Å². The molecular formula is C18H16N6O2. The van der Waals surface area contributed by atoms with Gasteiger partial charge in [-0.05, 0) is 6.42 Å². The fourth-order valence-corrected chi connectivity index (χ4v) is 2.98. The maximum absolute atomic E-state index is 12.5. The van der Waals surface area contributed by atoms with Crippen molar-refractivity contribution in [2.75, 3.05) is 12.3 Å². The molecule has 0 saturated carbocycles. The van der Waals surface area contributed by atoms with Crippen LogP contribution in [-0.2, 0) is 6.54 Å². The van der Waals surface area contributed by atoms with Crippen LogP contribution >= 0.6 is 0 Å². The third-order valence-corrected chi connectivity index (χ3v) is 4.28. The maximum Gasteiger partial charge on any atom is 0.209 e. The molecule has 0 spiro atoms. The monoisotopic (exact) mass is 348 g/mol. The fourth-order valence-electron chi connectivity index (χ4n) is 2.98. The number of nitrogens with zero attached hydrogens (tertiary/aromatic N) is 4. The number of allylic oxidation sites excluding steroid dienone is 2. The Hall–Kier alpha value is -3.55. The quantitative estimate of drug-likeness (QED) is 0.669. The lowest BCUT2D eigenvalue weighted by Crippen LogP contribution is -2.27. The summed E-state index contributed by atoms with van der Waals surface area (Å²) in [7, 11) is 0. The molecule has 0 amide bonds. The van der Waals surface area contributed by atoms with E-state index in [9.17, 15) is 9.59 Å². The molecule has 0 aliphatic heterocycles. The van der Waals surface area contributed by atoms with Gasteiger partial charge in [-0.15, -0.1) is 0 Å². The number of rotatable bonds is 5. The van der Waals surface area contributed by atoms with Crippen LogP contribution in [0.3, 0.4) is 0 Å². The number of benzene rings is 1. The minimum absolute atomic E-state index is 0.157. The molecule has 0 unspecified atom stereocenters. The van der Waals surface area contributed by atoms with Crippen molar-refractivity contribution in [2.24, 2.45) is 0 Å². The zero-order valence-electron chi connectivity index (χ0n) is 13.8. The molecule has 1 aliphatic rings. The van der Waals surface area contributed by atoms with Crippen LogP contribution in [0.4, 0.5) is 5.82 Å². The average Bonchev–Trinajstić information content (AvgIpc) is 3.07. The Morgan fingerprint density at radius 2 is 1.88 bits per heavy atom. The minimum atomic E-state index is -0.159. The van der Waals surface area contributed by atoms with Crippen molar-refractivity contribution in [1.29, 1.82) is 0 Å². The van der Waals surface area contributed by atoms with E-state index in [1.807, 2.05) is 4.57 Å². The lowest BCUT2D eigenvalue weighted by Gasteiger charge is -2.16. The van der Waals surface area contributed by atoms with Crippen LogP contribution in [0.25, 0.3) is 11.2 Å². The van der Waals surface area contributed by atoms with Gasteiger partial charge < -0.3 is 15.6 Å². The number of Topliss-reactive ketones (excluding diaryl/α,β-unsaturated/α-hetero) is 1. The Bertz CT molecular complexity index is 1050. The molecule has 0 fully saturated rings. The second-order valence-electron chi connectivity index (χ2n) is 5.95. The first kappa shape index (κ1) is 15.9. The zero-order valence-corrected chi connectivity index (χ0v) is 13.8. The molecule has 1 aromatic carbocycles. The number of aromatic nitrogens is 4. The van der Waals surface area contributed by atoms with Crippen LogP contribution in [0.2, 0.25) is 0 Å². The molecule has 130 valence electrons. The van der Waals surface area contributed by atoms with Gasteiger partial charge in [0.15, 0.2) is 17.2 Å². The van der Waals surface area contributed by atoms with Crippen LogP contribution in [0.15, 0.2) is 48.7 Å². The number of hydrogen-bond acceptors (Lipinski definition) is 7. The number of nitrogen functional groups attached to an aromatic ring is 1. The van der Waals surface area contributed by atoms with E-state index in [-0.39, 0.29) is 11.6 Å². The van der Waals surface area contributed by atoms with Crippen molar-refractivity contribution in [1.82, 2.24) is 24.8 Å². The van der Waals surface area contributed by atoms with Crippen molar-refractivity contribution in [3.05, 3.63) is 59.8 Å². The third kappa shape index (κ3) is 2.71. The molecule has 8 nitrogen and oxygen atoms in total. The molecule has 8 heteroatoms. The molecule has 0 radical (unpaired) electrons. The van der Waals surface area contributed by atoms with E-state index in [0.717, 1.165) is 6.42 Å². The summed E-state index contributed by atoms with van der Waals surface area (Å²) < 4.78 is 1.88. The summed E-state index contributed by atoms with van der Waals surface area (Å²) in [6.45, 7) is 1.18. The van der Waals surface area contributed by atoms with Gasteiger partial charge in [0.25, 0.3) is 0 Å². The summed E-state index contributed by atoms with van der Waals surface area (Å²) in [6, 6.07) is 6.85. The maximum atomic E-state index is 12.5. The van der Waals surface area contributed by atoms with Crippen LogP contribution in [0, 0.1) is 0 Å². The SMILES string of the molecule is Nc1ncnc2c1ncn2CCCNC1=CC(=O)c2ccccc2C1=O. The van der Waals surface area contributed by atoms with Crippen LogP contribution in [0.5, 0.6) is 0 Å². The molecule has 1 aliphatic carbocycles. The lowest BCUT2D eigenvalue weighted by molar-refractivity contribution is 0.0978. The van der Waals surface area contributed by atoms with E-state index >= 15 is 0 Å². The predicted molar refractivity (Wildman–Crippen MR) is 95.5 cm³/mol. The molecule has 2 heterocycles. The number of carbonyl (C=O) groups is 2. The Morgan fingerprint density at radius 3 is 2.73 bits per heavy atom. The average molecular weight is 348 g/mol. The highest BCUT2D eigenvalue weighted by Crippen LogP contribution is 2.20. The van der Waals surface area contributed by atoms with Gasteiger partial charge in [-0.1, -0.05) is 24.3 Å². The smallest absolute Gasteiger partial charge is 0.209 e. The molecule has 0 bridgehead atoms. The van der Waals surface area contributed by atoms with Crippen molar-refractivity contribution >= 4 is 28.5 Å². The summed E-state index contributed by atoms with van der Waals surface area (Å²) in [5, 5.41) is 3.06. The fraction of sp³-hybridized carbons (Fsp3) is 0.167.